The topological polar surface area (TPSA) is 48.9 Å². The van der Waals surface area contributed by atoms with Crippen molar-refractivity contribution in [1.29, 1.82) is 0 Å². The van der Waals surface area contributed by atoms with Crippen molar-refractivity contribution in [3.63, 3.8) is 0 Å². The van der Waals surface area contributed by atoms with Gasteiger partial charge in [0.05, 0.1) is 23.0 Å². The quantitative estimate of drug-likeness (QED) is 0.696. The molecule has 0 amide bonds. The van der Waals surface area contributed by atoms with Crippen molar-refractivity contribution in [2.24, 2.45) is 0 Å². The number of nitrogens with zero attached hydrogens (tertiary/aromatic N) is 1. The molecule has 2 rings (SSSR count). The molecular weight excluding hydrogens is 164 g/mol. The first-order valence-corrected chi connectivity index (χ1v) is 4.24. The minimum absolute atomic E-state index is 0.839. The number of hydrogen-bond donors (Lipinski definition) is 2. The highest BCUT2D eigenvalue weighted by Crippen LogP contribution is 2.25. The molecule has 2 aromatic rings. The van der Waals surface area contributed by atoms with E-state index < -0.39 is 5.60 Å². The van der Waals surface area contributed by atoms with Crippen LogP contribution < -0.4 is 0 Å². The van der Waals surface area contributed by atoms with E-state index in [9.17, 15) is 5.11 Å². The number of H-pyrrole nitrogens is 1. The van der Waals surface area contributed by atoms with Gasteiger partial charge in [0.2, 0.25) is 0 Å². The van der Waals surface area contributed by atoms with Gasteiger partial charge >= 0.3 is 0 Å². The Hall–Kier alpha value is -1.35. The van der Waals surface area contributed by atoms with E-state index in [-0.39, 0.29) is 0 Å². The summed E-state index contributed by atoms with van der Waals surface area (Å²) < 4.78 is 0. The van der Waals surface area contributed by atoms with Crippen LogP contribution in [-0.2, 0) is 5.60 Å². The average Bonchev–Trinajstić information content (AvgIpc) is 2.48. The Labute approximate surface area is 76.4 Å². The second kappa shape index (κ2) is 2.57. The molecule has 0 fully saturated rings. The lowest BCUT2D eigenvalue weighted by molar-refractivity contribution is 0.0800. The van der Waals surface area contributed by atoms with Crippen LogP contribution in [0.2, 0.25) is 0 Å². The van der Waals surface area contributed by atoms with E-state index in [0.717, 1.165) is 16.6 Å². The Balaban J connectivity index is 2.75. The predicted molar refractivity (Wildman–Crippen MR) is 51.3 cm³/mol. The SMILES string of the molecule is CC(C)(O)c1cccc2[nH]cnc12. The first-order valence-electron chi connectivity index (χ1n) is 4.24. The first-order chi connectivity index (χ1) is 6.09. The van der Waals surface area contributed by atoms with Crippen molar-refractivity contribution in [3.05, 3.63) is 30.1 Å². The summed E-state index contributed by atoms with van der Waals surface area (Å²) in [7, 11) is 0. The van der Waals surface area contributed by atoms with Gasteiger partial charge in [-0.3, -0.25) is 0 Å². The van der Waals surface area contributed by atoms with Gasteiger partial charge in [0.1, 0.15) is 0 Å². The number of aromatic amines is 1. The fourth-order valence-corrected chi connectivity index (χ4v) is 1.46. The van der Waals surface area contributed by atoms with Gasteiger partial charge in [0, 0.05) is 5.56 Å². The number of fused-ring (bicyclic) bond motifs is 1. The van der Waals surface area contributed by atoms with Crippen LogP contribution in [0.1, 0.15) is 19.4 Å². The molecule has 0 saturated carbocycles. The summed E-state index contributed by atoms with van der Waals surface area (Å²) in [6.45, 7) is 3.52. The van der Waals surface area contributed by atoms with Gasteiger partial charge in [-0.25, -0.2) is 4.98 Å². The Morgan fingerprint density at radius 2 is 2.15 bits per heavy atom. The molecule has 0 saturated heterocycles. The zero-order chi connectivity index (χ0) is 9.47. The van der Waals surface area contributed by atoms with Crippen LogP contribution in [0.15, 0.2) is 24.5 Å². The maximum atomic E-state index is 9.85. The third-order valence-electron chi connectivity index (χ3n) is 2.11. The number of imidazole rings is 1. The molecule has 0 spiro atoms. The van der Waals surface area contributed by atoms with Crippen molar-refractivity contribution in [2.45, 2.75) is 19.4 Å². The van der Waals surface area contributed by atoms with Crippen molar-refractivity contribution in [1.82, 2.24) is 9.97 Å². The van der Waals surface area contributed by atoms with E-state index in [1.165, 1.54) is 0 Å². The summed E-state index contributed by atoms with van der Waals surface area (Å²) in [6, 6.07) is 5.74. The molecule has 2 N–H and O–H groups in total. The maximum Gasteiger partial charge on any atom is 0.0943 e. The molecule has 3 nitrogen and oxygen atoms in total. The molecule has 0 bridgehead atoms. The second-order valence-corrected chi connectivity index (χ2v) is 3.66. The third kappa shape index (κ3) is 1.31. The van der Waals surface area contributed by atoms with Crippen LogP contribution in [0, 0.1) is 0 Å². The Bertz CT molecular complexity index is 426. The Morgan fingerprint density at radius 3 is 2.85 bits per heavy atom. The van der Waals surface area contributed by atoms with Gasteiger partial charge in [-0.15, -0.1) is 0 Å². The molecule has 0 atom stereocenters. The fraction of sp³-hybridized carbons (Fsp3) is 0.300. The number of aromatic nitrogens is 2. The minimum Gasteiger partial charge on any atom is -0.386 e. The number of aliphatic hydroxyl groups is 1. The lowest BCUT2D eigenvalue weighted by atomic mass is 9.97. The molecule has 0 unspecified atom stereocenters. The molecule has 0 aliphatic rings. The van der Waals surface area contributed by atoms with Gasteiger partial charge in [-0.2, -0.15) is 0 Å². The highest BCUT2D eigenvalue weighted by atomic mass is 16.3. The van der Waals surface area contributed by atoms with Crippen LogP contribution in [0.25, 0.3) is 11.0 Å². The van der Waals surface area contributed by atoms with Gasteiger partial charge in [0.25, 0.3) is 0 Å². The molecule has 3 heteroatoms. The van der Waals surface area contributed by atoms with Crippen molar-refractivity contribution in [2.75, 3.05) is 0 Å². The molecule has 1 aromatic heterocycles. The van der Waals surface area contributed by atoms with E-state index in [1.54, 1.807) is 20.2 Å². The summed E-state index contributed by atoms with van der Waals surface area (Å²) in [4.78, 5) is 7.18. The summed E-state index contributed by atoms with van der Waals surface area (Å²) in [5, 5.41) is 9.85. The highest BCUT2D eigenvalue weighted by Gasteiger charge is 2.19. The molecule has 68 valence electrons. The van der Waals surface area contributed by atoms with Crippen LogP contribution in [0.3, 0.4) is 0 Å². The molecule has 1 aromatic carbocycles. The number of hydrogen-bond acceptors (Lipinski definition) is 2. The van der Waals surface area contributed by atoms with E-state index in [1.807, 2.05) is 18.2 Å². The van der Waals surface area contributed by atoms with E-state index in [4.69, 9.17) is 0 Å². The summed E-state index contributed by atoms with van der Waals surface area (Å²) in [5.41, 5.74) is 1.82. The molecule has 13 heavy (non-hydrogen) atoms. The average molecular weight is 176 g/mol. The highest BCUT2D eigenvalue weighted by molar-refractivity contribution is 5.78. The van der Waals surface area contributed by atoms with Crippen molar-refractivity contribution >= 4 is 11.0 Å². The van der Waals surface area contributed by atoms with Gasteiger partial charge in [0.15, 0.2) is 0 Å². The lowest BCUT2D eigenvalue weighted by Crippen LogP contribution is -2.15. The Kier molecular flexibility index (Phi) is 1.63. The number of rotatable bonds is 1. The van der Waals surface area contributed by atoms with Gasteiger partial charge in [-0.1, -0.05) is 12.1 Å². The molecule has 0 aliphatic heterocycles. The Morgan fingerprint density at radius 1 is 1.38 bits per heavy atom. The fourth-order valence-electron chi connectivity index (χ4n) is 1.46. The zero-order valence-corrected chi connectivity index (χ0v) is 7.70. The number of nitrogens with one attached hydrogen (secondary N) is 1. The smallest absolute Gasteiger partial charge is 0.0943 e. The third-order valence-corrected chi connectivity index (χ3v) is 2.11. The van der Waals surface area contributed by atoms with Crippen molar-refractivity contribution < 1.29 is 5.11 Å². The van der Waals surface area contributed by atoms with Crippen LogP contribution in [-0.4, -0.2) is 15.1 Å². The summed E-state index contributed by atoms with van der Waals surface area (Å²) >= 11 is 0. The van der Waals surface area contributed by atoms with E-state index in [0.29, 0.717) is 0 Å². The molecular formula is C10H12N2O. The van der Waals surface area contributed by atoms with Crippen LogP contribution in [0.4, 0.5) is 0 Å². The summed E-state index contributed by atoms with van der Waals surface area (Å²) in [5.74, 6) is 0. The molecule has 0 radical (unpaired) electrons. The van der Waals surface area contributed by atoms with Crippen LogP contribution in [0.5, 0.6) is 0 Å². The zero-order valence-electron chi connectivity index (χ0n) is 7.70. The lowest BCUT2D eigenvalue weighted by Gasteiger charge is -2.17. The first kappa shape index (κ1) is 8.26. The molecule has 1 heterocycles. The largest absolute Gasteiger partial charge is 0.386 e. The van der Waals surface area contributed by atoms with Crippen molar-refractivity contribution in [3.8, 4) is 0 Å². The number of benzene rings is 1. The second-order valence-electron chi connectivity index (χ2n) is 3.66. The standard InChI is InChI=1S/C10H12N2O/c1-10(2,13)7-4-3-5-8-9(7)12-6-11-8/h3-6,13H,1-2H3,(H,11,12). The van der Waals surface area contributed by atoms with Gasteiger partial charge < -0.3 is 10.1 Å². The normalized spacial score (nSPS) is 12.2. The minimum atomic E-state index is -0.839. The predicted octanol–water partition coefficient (Wildman–Crippen LogP) is 1.79. The van der Waals surface area contributed by atoms with E-state index in [2.05, 4.69) is 9.97 Å². The molecule has 0 aliphatic carbocycles. The summed E-state index contributed by atoms with van der Waals surface area (Å²) in [6.07, 6.45) is 1.64. The maximum absolute atomic E-state index is 9.85. The monoisotopic (exact) mass is 176 g/mol. The van der Waals surface area contributed by atoms with Gasteiger partial charge in [-0.05, 0) is 19.9 Å². The van der Waals surface area contributed by atoms with Crippen LogP contribution >= 0.6 is 0 Å². The van der Waals surface area contributed by atoms with E-state index >= 15 is 0 Å². The number of para-hydroxylation sites is 1.